The summed E-state index contributed by atoms with van der Waals surface area (Å²) in [5.74, 6) is -0.315. The molecule has 2 N–H and O–H groups in total. The summed E-state index contributed by atoms with van der Waals surface area (Å²) in [7, 11) is 0. The Bertz CT molecular complexity index is 896. The van der Waals surface area contributed by atoms with E-state index in [4.69, 9.17) is 0 Å². The highest BCUT2D eigenvalue weighted by molar-refractivity contribution is 5.92. The van der Waals surface area contributed by atoms with E-state index < -0.39 is 0 Å². The Kier molecular flexibility index (Phi) is 5.53. The molecule has 26 heavy (non-hydrogen) atoms. The number of carbonyl (C=O) groups is 1. The van der Waals surface area contributed by atoms with Crippen LogP contribution >= 0.6 is 0 Å². The molecule has 0 aliphatic heterocycles. The maximum absolute atomic E-state index is 13.6. The Balaban J connectivity index is 1.60. The number of amides is 1. The third kappa shape index (κ3) is 4.63. The standard InChI is InChI=1S/C20H19FN4O/c1-14-6-8-15(9-7-14)12-23-19(26)18-10-11-22-20(25-18)24-13-16-4-2-3-5-17(16)21/h2-11H,12-13H2,1H3,(H,23,26)(H,22,24,25). The largest absolute Gasteiger partial charge is 0.350 e. The van der Waals surface area contributed by atoms with E-state index in [1.54, 1.807) is 24.3 Å². The quantitative estimate of drug-likeness (QED) is 0.714. The topological polar surface area (TPSA) is 66.9 Å². The number of benzene rings is 2. The van der Waals surface area contributed by atoms with Gasteiger partial charge in [0.2, 0.25) is 5.95 Å². The molecule has 0 aliphatic rings. The smallest absolute Gasteiger partial charge is 0.270 e. The fourth-order valence-corrected chi connectivity index (χ4v) is 2.37. The molecule has 3 aromatic rings. The van der Waals surface area contributed by atoms with Crippen LogP contribution in [-0.2, 0) is 13.1 Å². The van der Waals surface area contributed by atoms with Crippen LogP contribution in [0.2, 0.25) is 0 Å². The molecule has 3 rings (SSSR count). The lowest BCUT2D eigenvalue weighted by atomic mass is 10.1. The van der Waals surface area contributed by atoms with Crippen molar-refractivity contribution >= 4 is 11.9 Å². The van der Waals surface area contributed by atoms with Crippen LogP contribution in [-0.4, -0.2) is 15.9 Å². The molecule has 0 unspecified atom stereocenters. The molecule has 0 saturated heterocycles. The molecule has 0 radical (unpaired) electrons. The Hall–Kier alpha value is -3.28. The van der Waals surface area contributed by atoms with Crippen molar-refractivity contribution in [3.05, 3.63) is 89.0 Å². The maximum Gasteiger partial charge on any atom is 0.270 e. The molecular formula is C20H19FN4O. The minimum absolute atomic E-state index is 0.237. The Morgan fingerprint density at radius 3 is 2.58 bits per heavy atom. The Morgan fingerprint density at radius 1 is 1.04 bits per heavy atom. The molecule has 1 aromatic heterocycles. The van der Waals surface area contributed by atoms with Gasteiger partial charge in [-0.2, -0.15) is 0 Å². The average Bonchev–Trinajstić information content (AvgIpc) is 2.67. The SMILES string of the molecule is Cc1ccc(CNC(=O)c2ccnc(NCc3ccccc3F)n2)cc1. The first kappa shape index (κ1) is 17.5. The first-order chi connectivity index (χ1) is 12.6. The second kappa shape index (κ2) is 8.20. The lowest BCUT2D eigenvalue weighted by Gasteiger charge is -2.08. The zero-order valence-corrected chi connectivity index (χ0v) is 14.4. The second-order valence-electron chi connectivity index (χ2n) is 5.88. The summed E-state index contributed by atoms with van der Waals surface area (Å²) in [6.07, 6.45) is 1.50. The number of aromatic nitrogens is 2. The van der Waals surface area contributed by atoms with Gasteiger partial charge in [0.05, 0.1) is 0 Å². The minimum atomic E-state index is -0.299. The van der Waals surface area contributed by atoms with Crippen molar-refractivity contribution in [3.63, 3.8) is 0 Å². The van der Waals surface area contributed by atoms with E-state index >= 15 is 0 Å². The van der Waals surface area contributed by atoms with Gasteiger partial charge in [-0.05, 0) is 24.6 Å². The molecule has 5 nitrogen and oxygen atoms in total. The van der Waals surface area contributed by atoms with E-state index in [0.717, 1.165) is 5.56 Å². The summed E-state index contributed by atoms with van der Waals surface area (Å²) < 4.78 is 13.6. The van der Waals surface area contributed by atoms with Gasteiger partial charge in [-0.3, -0.25) is 4.79 Å². The molecule has 0 saturated carbocycles. The third-order valence-electron chi connectivity index (χ3n) is 3.86. The Labute approximate surface area is 151 Å². The van der Waals surface area contributed by atoms with E-state index in [1.165, 1.54) is 17.8 Å². The van der Waals surface area contributed by atoms with Gasteiger partial charge in [0, 0.05) is 24.8 Å². The number of carbonyl (C=O) groups excluding carboxylic acids is 1. The van der Waals surface area contributed by atoms with Crippen molar-refractivity contribution in [2.24, 2.45) is 0 Å². The molecule has 0 spiro atoms. The number of anilines is 1. The van der Waals surface area contributed by atoms with E-state index in [2.05, 4.69) is 20.6 Å². The van der Waals surface area contributed by atoms with E-state index in [-0.39, 0.29) is 29.9 Å². The minimum Gasteiger partial charge on any atom is -0.350 e. The zero-order valence-electron chi connectivity index (χ0n) is 14.4. The van der Waals surface area contributed by atoms with Crippen molar-refractivity contribution in [2.45, 2.75) is 20.0 Å². The fraction of sp³-hybridized carbons (Fsp3) is 0.150. The van der Waals surface area contributed by atoms with Crippen molar-refractivity contribution in [3.8, 4) is 0 Å². The fourth-order valence-electron chi connectivity index (χ4n) is 2.37. The zero-order chi connectivity index (χ0) is 18.4. The molecular weight excluding hydrogens is 331 g/mol. The van der Waals surface area contributed by atoms with Crippen molar-refractivity contribution in [2.75, 3.05) is 5.32 Å². The van der Waals surface area contributed by atoms with Crippen LogP contribution in [0.25, 0.3) is 0 Å². The molecule has 0 bridgehead atoms. The maximum atomic E-state index is 13.6. The van der Waals surface area contributed by atoms with Gasteiger partial charge < -0.3 is 10.6 Å². The van der Waals surface area contributed by atoms with Crippen LogP contribution in [0.5, 0.6) is 0 Å². The molecule has 6 heteroatoms. The van der Waals surface area contributed by atoms with Crippen LogP contribution < -0.4 is 10.6 Å². The molecule has 0 aliphatic carbocycles. The van der Waals surface area contributed by atoms with Gasteiger partial charge in [-0.1, -0.05) is 48.0 Å². The van der Waals surface area contributed by atoms with Crippen LogP contribution in [0.15, 0.2) is 60.8 Å². The second-order valence-corrected chi connectivity index (χ2v) is 5.88. The van der Waals surface area contributed by atoms with Gasteiger partial charge in [-0.15, -0.1) is 0 Å². The predicted molar refractivity (Wildman–Crippen MR) is 98.1 cm³/mol. The summed E-state index contributed by atoms with van der Waals surface area (Å²) in [5.41, 5.74) is 2.94. The number of rotatable bonds is 6. The first-order valence-corrected chi connectivity index (χ1v) is 8.26. The third-order valence-corrected chi connectivity index (χ3v) is 3.86. The average molecular weight is 350 g/mol. The number of aryl methyl sites for hydroxylation is 1. The summed E-state index contributed by atoms with van der Waals surface area (Å²) in [4.78, 5) is 20.5. The van der Waals surface area contributed by atoms with Crippen molar-refractivity contribution in [1.82, 2.24) is 15.3 Å². The molecule has 2 aromatic carbocycles. The molecule has 132 valence electrons. The van der Waals surface area contributed by atoms with Crippen molar-refractivity contribution in [1.29, 1.82) is 0 Å². The Morgan fingerprint density at radius 2 is 1.81 bits per heavy atom. The van der Waals surface area contributed by atoms with Crippen molar-refractivity contribution < 1.29 is 9.18 Å². The summed E-state index contributed by atoms with van der Waals surface area (Å²) >= 11 is 0. The number of hydrogen-bond acceptors (Lipinski definition) is 4. The summed E-state index contributed by atoms with van der Waals surface area (Å²) in [6.45, 7) is 2.67. The predicted octanol–water partition coefficient (Wildman–Crippen LogP) is 3.47. The number of nitrogens with one attached hydrogen (secondary N) is 2. The number of halogens is 1. The number of hydrogen-bond donors (Lipinski definition) is 2. The first-order valence-electron chi connectivity index (χ1n) is 8.26. The molecule has 1 amide bonds. The molecule has 1 heterocycles. The van der Waals surface area contributed by atoms with Gasteiger partial charge in [0.25, 0.3) is 5.91 Å². The highest BCUT2D eigenvalue weighted by Gasteiger charge is 2.09. The lowest BCUT2D eigenvalue weighted by molar-refractivity contribution is 0.0946. The molecule has 0 fully saturated rings. The molecule has 0 atom stereocenters. The highest BCUT2D eigenvalue weighted by Crippen LogP contribution is 2.09. The highest BCUT2D eigenvalue weighted by atomic mass is 19.1. The van der Waals surface area contributed by atoms with Crippen LogP contribution in [0, 0.1) is 12.7 Å². The van der Waals surface area contributed by atoms with Gasteiger partial charge in [0.15, 0.2) is 0 Å². The summed E-state index contributed by atoms with van der Waals surface area (Å²) in [6, 6.07) is 15.9. The summed E-state index contributed by atoms with van der Waals surface area (Å²) in [5, 5.41) is 5.76. The monoisotopic (exact) mass is 350 g/mol. The van der Waals surface area contributed by atoms with Crippen LogP contribution in [0.1, 0.15) is 27.2 Å². The normalized spacial score (nSPS) is 10.4. The van der Waals surface area contributed by atoms with Gasteiger partial charge in [-0.25, -0.2) is 14.4 Å². The van der Waals surface area contributed by atoms with E-state index in [0.29, 0.717) is 12.1 Å². The van der Waals surface area contributed by atoms with E-state index in [1.807, 2.05) is 31.2 Å². The van der Waals surface area contributed by atoms with Gasteiger partial charge in [0.1, 0.15) is 11.5 Å². The van der Waals surface area contributed by atoms with Gasteiger partial charge >= 0.3 is 0 Å². The van der Waals surface area contributed by atoms with Crippen LogP contribution in [0.4, 0.5) is 10.3 Å². The lowest BCUT2D eigenvalue weighted by Crippen LogP contribution is -2.24. The van der Waals surface area contributed by atoms with E-state index in [9.17, 15) is 9.18 Å². The number of nitrogens with zero attached hydrogens (tertiary/aromatic N) is 2. The van der Waals surface area contributed by atoms with Crippen LogP contribution in [0.3, 0.4) is 0 Å².